The Labute approximate surface area is 249 Å². The molecule has 0 unspecified atom stereocenters. The van der Waals surface area contributed by atoms with Gasteiger partial charge in [-0.25, -0.2) is 9.78 Å². The number of hydrogen-bond donors (Lipinski definition) is 0. The van der Waals surface area contributed by atoms with E-state index in [0.717, 1.165) is 46.6 Å². The van der Waals surface area contributed by atoms with Crippen LogP contribution in [0.15, 0.2) is 54.6 Å². The fourth-order valence-corrected chi connectivity index (χ4v) is 8.38. The van der Waals surface area contributed by atoms with Gasteiger partial charge < -0.3 is 14.0 Å². The molecule has 6 nitrogen and oxygen atoms in total. The number of rotatable bonds is 9. The minimum atomic E-state index is -0.614. The molecule has 2 aromatic carbocycles. The summed E-state index contributed by atoms with van der Waals surface area (Å²) >= 11 is 0. The molecule has 4 aliphatic rings. The zero-order valence-electron chi connectivity index (χ0n) is 25.5. The van der Waals surface area contributed by atoms with Crippen molar-refractivity contribution in [2.24, 2.45) is 23.2 Å². The summed E-state index contributed by atoms with van der Waals surface area (Å²) in [7, 11) is 0. The van der Waals surface area contributed by atoms with E-state index in [9.17, 15) is 9.59 Å². The first-order chi connectivity index (χ1) is 20.1. The van der Waals surface area contributed by atoms with E-state index in [1.807, 2.05) is 86.9 Å². The zero-order chi connectivity index (χ0) is 29.5. The summed E-state index contributed by atoms with van der Waals surface area (Å²) in [6.07, 6.45) is 9.73. The predicted molar refractivity (Wildman–Crippen MR) is 163 cm³/mol. The zero-order valence-corrected chi connectivity index (χ0v) is 25.5. The molecule has 0 radical (unpaired) electrons. The largest absolute Gasteiger partial charge is 0.459 e. The summed E-state index contributed by atoms with van der Waals surface area (Å²) in [6.45, 7) is 7.83. The third kappa shape index (κ3) is 6.18. The molecule has 1 aromatic heterocycles. The first-order valence-corrected chi connectivity index (χ1v) is 15.7. The molecule has 0 aliphatic heterocycles. The summed E-state index contributed by atoms with van der Waals surface area (Å²) in [5, 5.41) is 0. The third-order valence-electron chi connectivity index (χ3n) is 9.63. The Kier molecular flexibility index (Phi) is 7.75. The maximum Gasteiger partial charge on any atom is 0.359 e. The Balaban J connectivity index is 1.37. The predicted octanol–water partition coefficient (Wildman–Crippen LogP) is 7.71. The lowest BCUT2D eigenvalue weighted by molar-refractivity contribution is -0.155. The summed E-state index contributed by atoms with van der Waals surface area (Å²) in [5.41, 5.74) is 3.67. The van der Waals surface area contributed by atoms with Gasteiger partial charge in [-0.3, -0.25) is 4.79 Å². The number of hydrogen-bond acceptors (Lipinski definition) is 5. The van der Waals surface area contributed by atoms with Crippen molar-refractivity contribution in [2.45, 2.75) is 97.8 Å². The van der Waals surface area contributed by atoms with E-state index in [1.165, 1.54) is 38.5 Å². The molecule has 3 aromatic rings. The number of esters is 2. The fraction of sp³-hybridized carbons (Fsp3) is 0.528. The van der Waals surface area contributed by atoms with Gasteiger partial charge in [0.25, 0.3) is 0 Å². The van der Waals surface area contributed by atoms with E-state index in [-0.39, 0.29) is 19.1 Å². The van der Waals surface area contributed by atoms with Crippen LogP contribution in [0.2, 0.25) is 0 Å². The maximum absolute atomic E-state index is 13.7. The number of nitrogens with zero attached hydrogens (tertiary/aromatic N) is 2. The smallest absolute Gasteiger partial charge is 0.359 e. The summed E-state index contributed by atoms with van der Waals surface area (Å²) in [4.78, 5) is 32.0. The molecular weight excluding hydrogens is 524 g/mol. The standard InChI is InChI=1S/C36H44N2O4/c1-24-10-8-9-13-29(24)33-37-32(34(40)41-23-25-11-6-5-7-12-25)30(38(33)22-31(39)42-35(2,3)4)14-15-36-19-26-16-27(20-36)18-28(17-26)21-36/h5-13,26-28H,14-23H2,1-4H3. The second kappa shape index (κ2) is 11.3. The van der Waals surface area contributed by atoms with Gasteiger partial charge in [-0.2, -0.15) is 0 Å². The molecule has 1 heterocycles. The van der Waals surface area contributed by atoms with Crippen LogP contribution >= 0.6 is 0 Å². The van der Waals surface area contributed by atoms with Gasteiger partial charge in [-0.05, 0) is 113 Å². The van der Waals surface area contributed by atoms with Gasteiger partial charge >= 0.3 is 11.9 Å². The number of aromatic nitrogens is 2. The van der Waals surface area contributed by atoms with Crippen molar-refractivity contribution in [1.29, 1.82) is 0 Å². The second-order valence-electron chi connectivity index (χ2n) is 14.2. The van der Waals surface area contributed by atoms with Crippen LogP contribution in [0.1, 0.15) is 93.0 Å². The number of carbonyl (C=O) groups is 2. The molecule has 42 heavy (non-hydrogen) atoms. The van der Waals surface area contributed by atoms with Crippen LogP contribution in [0.5, 0.6) is 0 Å². The van der Waals surface area contributed by atoms with Crippen molar-refractivity contribution >= 4 is 11.9 Å². The van der Waals surface area contributed by atoms with Crippen LogP contribution < -0.4 is 0 Å². The lowest BCUT2D eigenvalue weighted by Crippen LogP contribution is -2.46. The Morgan fingerprint density at radius 1 is 0.929 bits per heavy atom. The SMILES string of the molecule is Cc1ccccc1-c1nc(C(=O)OCc2ccccc2)c(CCC23CC4CC(CC(C4)C2)C3)n1CC(=O)OC(C)(C)C. The van der Waals surface area contributed by atoms with Crippen LogP contribution in [0.25, 0.3) is 11.4 Å². The molecule has 0 atom stereocenters. The number of ether oxygens (including phenoxy) is 2. The summed E-state index contributed by atoms with van der Waals surface area (Å²) in [6, 6.07) is 17.7. The van der Waals surface area contributed by atoms with Crippen LogP contribution in [-0.2, 0) is 33.8 Å². The molecule has 4 aliphatic carbocycles. The van der Waals surface area contributed by atoms with Crippen LogP contribution in [0.3, 0.4) is 0 Å². The molecule has 0 saturated heterocycles. The van der Waals surface area contributed by atoms with Crippen molar-refractivity contribution in [3.8, 4) is 11.4 Å². The van der Waals surface area contributed by atoms with Crippen molar-refractivity contribution in [1.82, 2.24) is 9.55 Å². The second-order valence-corrected chi connectivity index (χ2v) is 14.2. The molecule has 4 fully saturated rings. The summed E-state index contributed by atoms with van der Waals surface area (Å²) in [5.74, 6) is 2.38. The number of imidazole rings is 1. The van der Waals surface area contributed by atoms with Gasteiger partial charge in [0.1, 0.15) is 24.6 Å². The van der Waals surface area contributed by atoms with Gasteiger partial charge in [0.15, 0.2) is 5.69 Å². The lowest BCUT2D eigenvalue weighted by Gasteiger charge is -2.57. The van der Waals surface area contributed by atoms with Crippen molar-refractivity contribution in [3.63, 3.8) is 0 Å². The van der Waals surface area contributed by atoms with E-state index in [1.54, 1.807) is 0 Å². The van der Waals surface area contributed by atoms with Crippen LogP contribution in [0, 0.1) is 30.1 Å². The molecule has 0 amide bonds. The number of aryl methyl sites for hydroxylation is 1. The Bertz CT molecular complexity index is 1410. The van der Waals surface area contributed by atoms with Gasteiger partial charge in [-0.15, -0.1) is 0 Å². The van der Waals surface area contributed by atoms with Gasteiger partial charge in [0, 0.05) is 5.56 Å². The van der Waals surface area contributed by atoms with Crippen molar-refractivity contribution in [2.75, 3.05) is 0 Å². The molecule has 4 saturated carbocycles. The van der Waals surface area contributed by atoms with E-state index in [4.69, 9.17) is 14.5 Å². The highest BCUT2D eigenvalue weighted by atomic mass is 16.6. The summed E-state index contributed by atoms with van der Waals surface area (Å²) < 4.78 is 13.5. The van der Waals surface area contributed by atoms with E-state index < -0.39 is 11.6 Å². The Morgan fingerprint density at radius 3 is 2.17 bits per heavy atom. The molecule has 0 spiro atoms. The first-order valence-electron chi connectivity index (χ1n) is 15.7. The number of carbonyl (C=O) groups excluding carboxylic acids is 2. The highest BCUT2D eigenvalue weighted by Gasteiger charge is 2.50. The van der Waals surface area contributed by atoms with Gasteiger partial charge in [0.2, 0.25) is 0 Å². The van der Waals surface area contributed by atoms with E-state index in [0.29, 0.717) is 23.4 Å². The Hall–Kier alpha value is -3.41. The van der Waals surface area contributed by atoms with Gasteiger partial charge in [-0.1, -0.05) is 54.6 Å². The maximum atomic E-state index is 13.7. The lowest BCUT2D eigenvalue weighted by atomic mass is 9.48. The van der Waals surface area contributed by atoms with E-state index >= 15 is 0 Å². The monoisotopic (exact) mass is 568 g/mol. The quantitative estimate of drug-likeness (QED) is 0.247. The van der Waals surface area contributed by atoms with Gasteiger partial charge in [0.05, 0.1) is 5.69 Å². The normalized spacial score (nSPS) is 24.5. The fourth-order valence-electron chi connectivity index (χ4n) is 8.38. The minimum Gasteiger partial charge on any atom is -0.459 e. The minimum absolute atomic E-state index is 0.00386. The molecule has 7 rings (SSSR count). The highest BCUT2D eigenvalue weighted by molar-refractivity contribution is 5.90. The number of benzene rings is 2. The molecule has 0 N–H and O–H groups in total. The first kappa shape index (κ1) is 28.7. The Morgan fingerprint density at radius 2 is 1.55 bits per heavy atom. The van der Waals surface area contributed by atoms with Crippen molar-refractivity contribution in [3.05, 3.63) is 77.1 Å². The van der Waals surface area contributed by atoms with Crippen LogP contribution in [-0.4, -0.2) is 27.1 Å². The molecule has 6 heteroatoms. The van der Waals surface area contributed by atoms with Crippen LogP contribution in [0.4, 0.5) is 0 Å². The third-order valence-corrected chi connectivity index (χ3v) is 9.63. The average molecular weight is 569 g/mol. The topological polar surface area (TPSA) is 70.4 Å². The average Bonchev–Trinajstić information content (AvgIpc) is 3.27. The highest BCUT2D eigenvalue weighted by Crippen LogP contribution is 2.61. The molecular formula is C36H44N2O4. The van der Waals surface area contributed by atoms with Crippen molar-refractivity contribution < 1.29 is 19.1 Å². The molecule has 4 bridgehead atoms. The van der Waals surface area contributed by atoms with E-state index in [2.05, 4.69) is 0 Å². The molecule has 222 valence electrons.